The molecule has 3 aromatic heterocycles. The van der Waals surface area contributed by atoms with Crippen LogP contribution in [-0.2, 0) is 16.1 Å². The number of halogens is 1. The van der Waals surface area contributed by atoms with Crippen molar-refractivity contribution in [3.63, 3.8) is 0 Å². The number of carbonyl (C=O) groups excluding carboxylic acids is 1. The summed E-state index contributed by atoms with van der Waals surface area (Å²) in [5.74, 6) is 0.486. The average Bonchev–Trinajstić information content (AvgIpc) is 3.24. The minimum atomic E-state index is -0.507. The van der Waals surface area contributed by atoms with Gasteiger partial charge < -0.3 is 20.9 Å². The van der Waals surface area contributed by atoms with E-state index in [1.807, 2.05) is 6.07 Å². The van der Waals surface area contributed by atoms with E-state index in [9.17, 15) is 9.18 Å². The summed E-state index contributed by atoms with van der Waals surface area (Å²) in [6, 6.07) is 10.1. The molecule has 13 heteroatoms. The molecular weight excluding hydrogens is 471 g/mol. The quantitative estimate of drug-likeness (QED) is 0.360. The fourth-order valence-electron chi connectivity index (χ4n) is 3.82. The van der Waals surface area contributed by atoms with Gasteiger partial charge in [-0.2, -0.15) is 5.10 Å². The first-order valence-electron chi connectivity index (χ1n) is 11.0. The van der Waals surface area contributed by atoms with E-state index in [1.54, 1.807) is 42.1 Å². The van der Waals surface area contributed by atoms with Gasteiger partial charge in [0, 0.05) is 24.8 Å². The Labute approximate surface area is 204 Å². The molecule has 1 amide bonds. The fraction of sp³-hybridized carbons (Fsp3) is 0.217. The van der Waals surface area contributed by atoms with Crippen molar-refractivity contribution in [1.29, 1.82) is 0 Å². The molecule has 1 aliphatic rings. The number of aromatic nitrogens is 5. The van der Waals surface area contributed by atoms with E-state index in [2.05, 4.69) is 25.4 Å². The highest BCUT2D eigenvalue weighted by Crippen LogP contribution is 2.36. The summed E-state index contributed by atoms with van der Waals surface area (Å²) in [6.45, 7) is 2.78. The predicted molar refractivity (Wildman–Crippen MR) is 130 cm³/mol. The second kappa shape index (κ2) is 10.6. The average molecular weight is 494 g/mol. The fourth-order valence-corrected chi connectivity index (χ4v) is 3.82. The number of anilines is 3. The zero-order valence-corrected chi connectivity index (χ0v) is 19.3. The summed E-state index contributed by atoms with van der Waals surface area (Å²) >= 11 is 0. The maximum atomic E-state index is 14.2. The Balaban J connectivity index is 0.000000967. The predicted octanol–water partition coefficient (Wildman–Crippen LogP) is 2.75. The van der Waals surface area contributed by atoms with Gasteiger partial charge in [-0.3, -0.25) is 9.69 Å². The van der Waals surface area contributed by atoms with Crippen LogP contribution in [0.5, 0.6) is 0 Å². The van der Waals surface area contributed by atoms with Gasteiger partial charge in [-0.1, -0.05) is 18.2 Å². The van der Waals surface area contributed by atoms with Crippen LogP contribution in [0.3, 0.4) is 0 Å². The summed E-state index contributed by atoms with van der Waals surface area (Å²) in [4.78, 5) is 35.6. The number of rotatable bonds is 4. The maximum absolute atomic E-state index is 14.2. The molecule has 4 N–H and O–H groups in total. The molecule has 186 valence electrons. The van der Waals surface area contributed by atoms with E-state index in [-0.39, 0.29) is 37.1 Å². The lowest BCUT2D eigenvalue weighted by Crippen LogP contribution is -2.40. The molecule has 0 aliphatic carbocycles. The molecule has 0 radical (unpaired) electrons. The largest absolute Gasteiger partial charge is 0.483 e. The number of nitrogens with zero attached hydrogens (tertiary/aromatic N) is 6. The van der Waals surface area contributed by atoms with Gasteiger partial charge in [0.2, 0.25) is 0 Å². The molecule has 36 heavy (non-hydrogen) atoms. The van der Waals surface area contributed by atoms with Crippen molar-refractivity contribution in [2.75, 3.05) is 35.6 Å². The number of carbonyl (C=O) groups is 2. The Bertz CT molecular complexity index is 1410. The summed E-state index contributed by atoms with van der Waals surface area (Å²) in [5.41, 5.74) is 8.14. The van der Waals surface area contributed by atoms with Crippen LogP contribution >= 0.6 is 0 Å². The third kappa shape index (κ3) is 4.71. The van der Waals surface area contributed by atoms with E-state index in [0.29, 0.717) is 46.9 Å². The van der Waals surface area contributed by atoms with Crippen LogP contribution in [0.4, 0.5) is 26.5 Å². The van der Waals surface area contributed by atoms with Crippen molar-refractivity contribution in [3.05, 3.63) is 54.0 Å². The highest BCUT2D eigenvalue weighted by Gasteiger charge is 2.29. The third-order valence-electron chi connectivity index (χ3n) is 5.29. The number of nitrogen functional groups attached to an aromatic ring is 1. The monoisotopic (exact) mass is 494 g/mol. The molecule has 1 aliphatic heterocycles. The van der Waals surface area contributed by atoms with Crippen molar-refractivity contribution in [3.8, 4) is 11.5 Å². The summed E-state index contributed by atoms with van der Waals surface area (Å²) in [7, 11) is 0. The van der Waals surface area contributed by atoms with Crippen LogP contribution in [0.1, 0.15) is 12.5 Å². The van der Waals surface area contributed by atoms with Crippen LogP contribution in [0.2, 0.25) is 0 Å². The Morgan fingerprint density at radius 2 is 2.06 bits per heavy atom. The van der Waals surface area contributed by atoms with Gasteiger partial charge in [0.25, 0.3) is 6.47 Å². The zero-order valence-electron chi connectivity index (χ0n) is 19.3. The van der Waals surface area contributed by atoms with Gasteiger partial charge in [-0.15, -0.1) is 0 Å². The molecular formula is C23H23FN8O4. The lowest BCUT2D eigenvalue weighted by molar-refractivity contribution is -0.122. The van der Waals surface area contributed by atoms with E-state index in [0.717, 1.165) is 0 Å². The van der Waals surface area contributed by atoms with E-state index >= 15 is 0 Å². The Hall–Kier alpha value is -4.81. The smallest absolute Gasteiger partial charge is 0.414 e. The number of hydrogen-bond acceptors (Lipinski definition) is 9. The van der Waals surface area contributed by atoms with E-state index < -0.39 is 6.09 Å². The van der Waals surface area contributed by atoms with Crippen molar-refractivity contribution < 1.29 is 23.8 Å². The van der Waals surface area contributed by atoms with Crippen LogP contribution in [0.15, 0.2) is 42.6 Å². The number of pyridine rings is 1. The first-order chi connectivity index (χ1) is 17.5. The maximum Gasteiger partial charge on any atom is 0.414 e. The molecule has 4 heterocycles. The van der Waals surface area contributed by atoms with E-state index in [4.69, 9.17) is 20.4 Å². The molecule has 0 spiro atoms. The molecule has 0 unspecified atom stereocenters. The van der Waals surface area contributed by atoms with Crippen molar-refractivity contribution in [2.24, 2.45) is 0 Å². The number of fused-ring (bicyclic) bond motifs is 2. The Kier molecular flexibility index (Phi) is 7.18. The summed E-state index contributed by atoms with van der Waals surface area (Å²) in [6.07, 6.45) is 1.14. The second-order valence-electron chi connectivity index (χ2n) is 7.48. The highest BCUT2D eigenvalue weighted by atomic mass is 19.1. The van der Waals surface area contributed by atoms with Gasteiger partial charge in [-0.05, 0) is 25.1 Å². The number of nitrogens with two attached hydrogens (primary N) is 1. The van der Waals surface area contributed by atoms with Crippen LogP contribution in [-0.4, -0.2) is 62.1 Å². The molecule has 5 rings (SSSR count). The number of ether oxygens (including phenoxy) is 1. The number of benzene rings is 1. The van der Waals surface area contributed by atoms with Crippen LogP contribution in [0, 0.1) is 5.82 Å². The van der Waals surface area contributed by atoms with Gasteiger partial charge in [0.15, 0.2) is 23.1 Å². The van der Waals surface area contributed by atoms with Gasteiger partial charge >= 0.3 is 6.09 Å². The van der Waals surface area contributed by atoms with Crippen molar-refractivity contribution >= 4 is 40.9 Å². The number of amides is 1. The van der Waals surface area contributed by atoms with Crippen LogP contribution in [0.25, 0.3) is 22.6 Å². The Morgan fingerprint density at radius 3 is 2.81 bits per heavy atom. The minimum Gasteiger partial charge on any atom is -0.483 e. The lowest BCUT2D eigenvalue weighted by atomic mass is 10.2. The third-order valence-corrected chi connectivity index (χ3v) is 5.29. The highest BCUT2D eigenvalue weighted by molar-refractivity contribution is 5.97. The number of nitrogens with one attached hydrogen (secondary N) is 1. The first kappa shape index (κ1) is 24.3. The molecule has 12 nitrogen and oxygen atoms in total. The van der Waals surface area contributed by atoms with Crippen molar-refractivity contribution in [2.45, 2.75) is 13.5 Å². The summed E-state index contributed by atoms with van der Waals surface area (Å²) in [5, 5.41) is 15.4. The number of carboxylic acid groups (broad SMARTS) is 1. The van der Waals surface area contributed by atoms with E-state index in [1.165, 1.54) is 11.0 Å². The molecule has 0 atom stereocenters. The SMILES string of the molecule is CCOC(=O)N1CCNc2nc(-c3nn(Cc4ccccc4F)c4ncccc34)nc(N)c21.O=CO. The molecule has 1 aromatic carbocycles. The normalized spacial score (nSPS) is 12.2. The Morgan fingerprint density at radius 1 is 1.28 bits per heavy atom. The summed E-state index contributed by atoms with van der Waals surface area (Å²) < 4.78 is 21.0. The first-order valence-corrected chi connectivity index (χ1v) is 11.0. The molecule has 0 saturated heterocycles. The zero-order chi connectivity index (χ0) is 25.7. The molecule has 0 bridgehead atoms. The second-order valence-corrected chi connectivity index (χ2v) is 7.48. The molecule has 0 fully saturated rings. The van der Waals surface area contributed by atoms with Crippen molar-refractivity contribution in [1.82, 2.24) is 24.7 Å². The minimum absolute atomic E-state index is 0.121. The number of hydrogen-bond donors (Lipinski definition) is 3. The topological polar surface area (TPSA) is 161 Å². The van der Waals surface area contributed by atoms with Gasteiger partial charge in [0.1, 0.15) is 17.2 Å². The standard InChI is InChI=1S/C22H21FN8O2.CH2O2/c1-2-33-22(32)30-11-10-25-20-17(30)18(24)27-19(28-20)16-14-7-5-9-26-21(14)31(29-16)12-13-6-3-4-8-15(13)23;2-1-3/h3-9H,2,10-12H2,1H3,(H3,24,25,27,28);1H,(H,2,3). The van der Waals surface area contributed by atoms with Gasteiger partial charge in [0.05, 0.1) is 18.5 Å². The molecule has 4 aromatic rings. The molecule has 0 saturated carbocycles. The lowest BCUT2D eigenvalue weighted by Gasteiger charge is -2.29. The van der Waals surface area contributed by atoms with Gasteiger partial charge in [-0.25, -0.2) is 28.8 Å². The van der Waals surface area contributed by atoms with Crippen LogP contribution < -0.4 is 16.0 Å².